The number of hydrogen-bond donors (Lipinski definition) is 0. The predicted octanol–water partition coefficient (Wildman–Crippen LogP) is 2.56. The SMILES string of the molecule is C[C@H]1CN(C(=O)CCN2CCCCCC2=O)Cc2nnc(Cc3ccccc3)n21. The standard InChI is InChI=1S/C22H29N5O2/c1-17-15-26(22(29)11-13-25-12-7-3-6-10-21(25)28)16-20-24-23-19(27(17)20)14-18-8-4-2-5-9-18/h2,4-5,8-9,17H,3,6-7,10-16H2,1H3/t17-/m0/s1. The molecule has 1 fully saturated rings. The summed E-state index contributed by atoms with van der Waals surface area (Å²) >= 11 is 0. The van der Waals surface area contributed by atoms with E-state index >= 15 is 0 Å². The first-order valence-electron chi connectivity index (χ1n) is 10.6. The summed E-state index contributed by atoms with van der Waals surface area (Å²) in [7, 11) is 0. The molecule has 1 atom stereocenters. The first-order valence-corrected chi connectivity index (χ1v) is 10.6. The highest BCUT2D eigenvalue weighted by Gasteiger charge is 2.29. The average molecular weight is 396 g/mol. The number of nitrogens with zero attached hydrogens (tertiary/aromatic N) is 5. The maximum atomic E-state index is 12.8. The van der Waals surface area contributed by atoms with E-state index in [1.54, 1.807) is 0 Å². The van der Waals surface area contributed by atoms with Crippen LogP contribution in [0.2, 0.25) is 0 Å². The third kappa shape index (κ3) is 4.49. The van der Waals surface area contributed by atoms with E-state index in [0.29, 0.717) is 32.5 Å². The highest BCUT2D eigenvalue weighted by atomic mass is 16.2. The van der Waals surface area contributed by atoms with Gasteiger partial charge in [0.25, 0.3) is 0 Å². The van der Waals surface area contributed by atoms with Gasteiger partial charge in [0.1, 0.15) is 5.82 Å². The number of rotatable bonds is 5. The first kappa shape index (κ1) is 19.6. The van der Waals surface area contributed by atoms with Crippen LogP contribution in [0.15, 0.2) is 30.3 Å². The average Bonchev–Trinajstić information content (AvgIpc) is 3.01. The fourth-order valence-electron chi connectivity index (χ4n) is 4.37. The molecule has 0 spiro atoms. The molecule has 2 aliphatic heterocycles. The fourth-order valence-corrected chi connectivity index (χ4v) is 4.37. The lowest BCUT2D eigenvalue weighted by Gasteiger charge is -2.33. The molecule has 154 valence electrons. The second-order valence-corrected chi connectivity index (χ2v) is 8.13. The summed E-state index contributed by atoms with van der Waals surface area (Å²) in [6.07, 6.45) is 4.83. The van der Waals surface area contributed by atoms with Gasteiger partial charge in [-0.1, -0.05) is 36.8 Å². The van der Waals surface area contributed by atoms with Crippen LogP contribution in [0.5, 0.6) is 0 Å². The van der Waals surface area contributed by atoms with Crippen molar-refractivity contribution in [2.75, 3.05) is 19.6 Å². The molecule has 2 aromatic rings. The van der Waals surface area contributed by atoms with Gasteiger partial charge in [0.05, 0.1) is 12.6 Å². The largest absolute Gasteiger partial charge is 0.342 e. The molecule has 0 aliphatic carbocycles. The molecule has 0 bridgehead atoms. The lowest BCUT2D eigenvalue weighted by atomic mass is 10.1. The van der Waals surface area contributed by atoms with E-state index in [2.05, 4.69) is 33.8 Å². The van der Waals surface area contributed by atoms with Gasteiger partial charge >= 0.3 is 0 Å². The van der Waals surface area contributed by atoms with Gasteiger partial charge in [0, 0.05) is 38.9 Å². The number of likely N-dealkylation sites (tertiary alicyclic amines) is 1. The van der Waals surface area contributed by atoms with Gasteiger partial charge in [0.15, 0.2) is 5.82 Å². The van der Waals surface area contributed by atoms with E-state index < -0.39 is 0 Å². The van der Waals surface area contributed by atoms with E-state index in [0.717, 1.165) is 43.9 Å². The minimum atomic E-state index is 0.0905. The van der Waals surface area contributed by atoms with Crippen LogP contribution in [0.4, 0.5) is 0 Å². The molecule has 7 nitrogen and oxygen atoms in total. The highest BCUT2D eigenvalue weighted by molar-refractivity contribution is 5.79. The predicted molar refractivity (Wildman–Crippen MR) is 109 cm³/mol. The Bertz CT molecular complexity index is 863. The van der Waals surface area contributed by atoms with Gasteiger partial charge in [0.2, 0.25) is 11.8 Å². The molecule has 29 heavy (non-hydrogen) atoms. The van der Waals surface area contributed by atoms with Crippen LogP contribution >= 0.6 is 0 Å². The number of aromatic nitrogens is 3. The molecule has 7 heteroatoms. The summed E-state index contributed by atoms with van der Waals surface area (Å²) < 4.78 is 2.18. The van der Waals surface area contributed by atoms with Crippen molar-refractivity contribution in [2.45, 2.75) is 58.0 Å². The molecule has 0 unspecified atom stereocenters. The van der Waals surface area contributed by atoms with Crippen LogP contribution in [-0.4, -0.2) is 56.0 Å². The minimum Gasteiger partial charge on any atom is -0.342 e. The summed E-state index contributed by atoms with van der Waals surface area (Å²) in [5.41, 5.74) is 1.20. The summed E-state index contributed by atoms with van der Waals surface area (Å²) in [6, 6.07) is 10.4. The molecule has 2 amide bonds. The Labute approximate surface area is 171 Å². The van der Waals surface area contributed by atoms with Gasteiger partial charge < -0.3 is 14.4 Å². The lowest BCUT2D eigenvalue weighted by molar-refractivity contribution is -0.135. The van der Waals surface area contributed by atoms with Crippen molar-refractivity contribution in [3.63, 3.8) is 0 Å². The maximum Gasteiger partial charge on any atom is 0.224 e. The Kier molecular flexibility index (Phi) is 5.92. The van der Waals surface area contributed by atoms with Crippen LogP contribution in [0.3, 0.4) is 0 Å². The van der Waals surface area contributed by atoms with Gasteiger partial charge in [-0.05, 0) is 25.3 Å². The van der Waals surface area contributed by atoms with E-state index in [4.69, 9.17) is 0 Å². The molecule has 1 aromatic heterocycles. The van der Waals surface area contributed by atoms with Crippen LogP contribution in [0, 0.1) is 0 Å². The van der Waals surface area contributed by atoms with Gasteiger partial charge in [-0.3, -0.25) is 9.59 Å². The lowest BCUT2D eigenvalue weighted by Crippen LogP contribution is -2.42. The third-order valence-electron chi connectivity index (χ3n) is 5.92. The molecule has 1 saturated heterocycles. The van der Waals surface area contributed by atoms with Crippen LogP contribution in [0.1, 0.15) is 62.3 Å². The number of amides is 2. The van der Waals surface area contributed by atoms with E-state index in [9.17, 15) is 9.59 Å². The molecule has 0 N–H and O–H groups in total. The van der Waals surface area contributed by atoms with Gasteiger partial charge in [-0.2, -0.15) is 0 Å². The molecular weight excluding hydrogens is 366 g/mol. The van der Waals surface area contributed by atoms with Crippen molar-refractivity contribution in [1.82, 2.24) is 24.6 Å². The highest BCUT2D eigenvalue weighted by Crippen LogP contribution is 2.23. The Morgan fingerprint density at radius 2 is 1.97 bits per heavy atom. The topological polar surface area (TPSA) is 71.3 Å². The van der Waals surface area contributed by atoms with Crippen LogP contribution < -0.4 is 0 Å². The Morgan fingerprint density at radius 3 is 2.79 bits per heavy atom. The molecule has 3 heterocycles. The Morgan fingerprint density at radius 1 is 1.14 bits per heavy atom. The van der Waals surface area contributed by atoms with Crippen molar-refractivity contribution in [1.29, 1.82) is 0 Å². The smallest absolute Gasteiger partial charge is 0.224 e. The first-order chi connectivity index (χ1) is 14.1. The van der Waals surface area contributed by atoms with Crippen molar-refractivity contribution in [3.05, 3.63) is 47.5 Å². The molecule has 0 saturated carbocycles. The zero-order chi connectivity index (χ0) is 20.2. The van der Waals surface area contributed by atoms with Crippen LogP contribution in [0.25, 0.3) is 0 Å². The van der Waals surface area contributed by atoms with Gasteiger partial charge in [-0.15, -0.1) is 10.2 Å². The van der Waals surface area contributed by atoms with Gasteiger partial charge in [-0.25, -0.2) is 0 Å². The Balaban J connectivity index is 1.38. The van der Waals surface area contributed by atoms with E-state index in [1.807, 2.05) is 28.0 Å². The minimum absolute atomic E-state index is 0.0905. The number of hydrogen-bond acceptors (Lipinski definition) is 4. The number of fused-ring (bicyclic) bond motifs is 1. The van der Waals surface area contributed by atoms with Crippen molar-refractivity contribution < 1.29 is 9.59 Å². The quantitative estimate of drug-likeness (QED) is 0.780. The van der Waals surface area contributed by atoms with Crippen molar-refractivity contribution >= 4 is 11.8 Å². The van der Waals surface area contributed by atoms with Crippen molar-refractivity contribution in [3.8, 4) is 0 Å². The fraction of sp³-hybridized carbons (Fsp3) is 0.545. The molecule has 0 radical (unpaired) electrons. The molecule has 2 aliphatic rings. The van der Waals surface area contributed by atoms with E-state index in [-0.39, 0.29) is 17.9 Å². The van der Waals surface area contributed by atoms with E-state index in [1.165, 1.54) is 5.56 Å². The molecular formula is C22H29N5O2. The van der Waals surface area contributed by atoms with Crippen LogP contribution in [-0.2, 0) is 22.6 Å². The Hall–Kier alpha value is -2.70. The summed E-state index contributed by atoms with van der Waals surface area (Å²) in [6.45, 7) is 4.55. The normalized spacial score (nSPS) is 19.8. The number of benzene rings is 1. The summed E-state index contributed by atoms with van der Waals surface area (Å²) in [4.78, 5) is 28.7. The maximum absolute atomic E-state index is 12.8. The molecule has 4 rings (SSSR count). The second kappa shape index (κ2) is 8.76. The zero-order valence-corrected chi connectivity index (χ0v) is 17.1. The summed E-state index contributed by atoms with van der Waals surface area (Å²) in [5, 5.41) is 8.76. The summed E-state index contributed by atoms with van der Waals surface area (Å²) in [5.74, 6) is 2.07. The number of carbonyl (C=O) groups excluding carboxylic acids is 2. The number of carbonyl (C=O) groups is 2. The monoisotopic (exact) mass is 395 g/mol. The zero-order valence-electron chi connectivity index (χ0n) is 17.1. The molecule has 1 aromatic carbocycles. The second-order valence-electron chi connectivity index (χ2n) is 8.13. The third-order valence-corrected chi connectivity index (χ3v) is 5.92. The van der Waals surface area contributed by atoms with Crippen molar-refractivity contribution in [2.24, 2.45) is 0 Å².